The third-order valence-corrected chi connectivity index (χ3v) is 3.14. The molecule has 0 aliphatic carbocycles. The Labute approximate surface area is 121 Å². The lowest BCUT2D eigenvalue weighted by Crippen LogP contribution is -2.45. The number of nitrogens with zero attached hydrogens (tertiary/aromatic N) is 1. The number of morpholine rings is 1. The Bertz CT molecular complexity index is 552. The Morgan fingerprint density at radius 1 is 1.19 bits per heavy atom. The monoisotopic (exact) mass is 292 g/mol. The summed E-state index contributed by atoms with van der Waals surface area (Å²) in [5.74, 6) is -1.75. The van der Waals surface area contributed by atoms with Crippen molar-refractivity contribution in [1.82, 2.24) is 10.2 Å². The van der Waals surface area contributed by atoms with Crippen LogP contribution >= 0.6 is 0 Å². The van der Waals surface area contributed by atoms with Crippen LogP contribution in [0.1, 0.15) is 20.7 Å². The van der Waals surface area contributed by atoms with Crippen molar-refractivity contribution in [3.8, 4) is 0 Å². The Balaban J connectivity index is 1.90. The van der Waals surface area contributed by atoms with Crippen molar-refractivity contribution < 1.29 is 24.2 Å². The molecule has 0 atom stereocenters. The topological polar surface area (TPSA) is 95.9 Å². The molecular weight excluding hydrogens is 276 g/mol. The largest absolute Gasteiger partial charge is 0.478 e. The number of carboxylic acids is 1. The molecule has 1 fully saturated rings. The smallest absolute Gasteiger partial charge is 0.335 e. The molecule has 1 aliphatic heterocycles. The maximum atomic E-state index is 11.9. The van der Waals surface area contributed by atoms with E-state index in [1.165, 1.54) is 24.3 Å². The van der Waals surface area contributed by atoms with E-state index in [0.717, 1.165) is 0 Å². The van der Waals surface area contributed by atoms with Gasteiger partial charge in [0.15, 0.2) is 0 Å². The van der Waals surface area contributed by atoms with E-state index in [1.54, 1.807) is 4.90 Å². The number of amides is 2. The van der Waals surface area contributed by atoms with Gasteiger partial charge in [0, 0.05) is 18.7 Å². The zero-order valence-electron chi connectivity index (χ0n) is 11.4. The number of hydrogen-bond donors (Lipinski definition) is 2. The van der Waals surface area contributed by atoms with Crippen LogP contribution in [0.25, 0.3) is 0 Å². The van der Waals surface area contributed by atoms with E-state index >= 15 is 0 Å². The zero-order chi connectivity index (χ0) is 15.2. The second-order valence-corrected chi connectivity index (χ2v) is 4.56. The Morgan fingerprint density at radius 2 is 1.86 bits per heavy atom. The molecule has 0 saturated carbocycles. The number of carbonyl (C=O) groups excluding carboxylic acids is 2. The maximum absolute atomic E-state index is 11.9. The molecule has 1 aromatic carbocycles. The van der Waals surface area contributed by atoms with Crippen molar-refractivity contribution >= 4 is 17.8 Å². The first kappa shape index (κ1) is 15.0. The molecule has 7 heteroatoms. The van der Waals surface area contributed by atoms with Gasteiger partial charge in [-0.2, -0.15) is 0 Å². The highest BCUT2D eigenvalue weighted by Crippen LogP contribution is 2.05. The van der Waals surface area contributed by atoms with Gasteiger partial charge in [0.1, 0.15) is 0 Å². The van der Waals surface area contributed by atoms with Crippen LogP contribution in [0.4, 0.5) is 0 Å². The predicted octanol–water partition coefficient (Wildman–Crippen LogP) is -0.0266. The third kappa shape index (κ3) is 4.03. The predicted molar refractivity (Wildman–Crippen MR) is 73.1 cm³/mol. The van der Waals surface area contributed by atoms with Gasteiger partial charge in [0.2, 0.25) is 5.91 Å². The number of carbonyl (C=O) groups is 3. The third-order valence-electron chi connectivity index (χ3n) is 3.14. The minimum atomic E-state index is -1.10. The number of hydrogen-bond acceptors (Lipinski definition) is 4. The van der Waals surface area contributed by atoms with Crippen LogP contribution in [0.15, 0.2) is 24.3 Å². The van der Waals surface area contributed by atoms with Crippen molar-refractivity contribution in [1.29, 1.82) is 0 Å². The second kappa shape index (κ2) is 6.85. The quantitative estimate of drug-likeness (QED) is 0.812. The summed E-state index contributed by atoms with van der Waals surface area (Å²) >= 11 is 0. The van der Waals surface area contributed by atoms with E-state index in [9.17, 15) is 14.4 Å². The highest BCUT2D eigenvalue weighted by Gasteiger charge is 2.17. The summed E-state index contributed by atoms with van der Waals surface area (Å²) < 4.78 is 5.14. The summed E-state index contributed by atoms with van der Waals surface area (Å²) in [5, 5.41) is 11.4. The zero-order valence-corrected chi connectivity index (χ0v) is 11.4. The fourth-order valence-corrected chi connectivity index (χ4v) is 1.98. The molecule has 1 saturated heterocycles. The molecular formula is C14H16N2O5. The molecule has 112 valence electrons. The summed E-state index contributed by atoms with van der Waals surface area (Å²) in [6, 6.07) is 5.66. The van der Waals surface area contributed by atoms with Crippen LogP contribution in [-0.2, 0) is 9.53 Å². The van der Waals surface area contributed by atoms with E-state index < -0.39 is 11.9 Å². The number of rotatable bonds is 4. The maximum Gasteiger partial charge on any atom is 0.335 e. The van der Waals surface area contributed by atoms with Gasteiger partial charge in [-0.05, 0) is 18.2 Å². The second-order valence-electron chi connectivity index (χ2n) is 4.56. The van der Waals surface area contributed by atoms with Gasteiger partial charge >= 0.3 is 5.97 Å². The summed E-state index contributed by atoms with van der Waals surface area (Å²) in [7, 11) is 0. The average molecular weight is 292 g/mol. The lowest BCUT2D eigenvalue weighted by atomic mass is 10.1. The van der Waals surface area contributed by atoms with E-state index in [2.05, 4.69) is 5.32 Å². The molecule has 2 amide bonds. The van der Waals surface area contributed by atoms with Crippen molar-refractivity contribution in [2.24, 2.45) is 0 Å². The number of nitrogens with one attached hydrogen (secondary N) is 1. The Kier molecular flexibility index (Phi) is 4.89. The molecule has 1 heterocycles. The molecule has 0 spiro atoms. The van der Waals surface area contributed by atoms with Gasteiger partial charge in [-0.3, -0.25) is 9.59 Å². The fourth-order valence-electron chi connectivity index (χ4n) is 1.98. The van der Waals surface area contributed by atoms with E-state index in [0.29, 0.717) is 26.3 Å². The first-order valence-electron chi connectivity index (χ1n) is 6.55. The van der Waals surface area contributed by atoms with E-state index in [1.807, 2.05) is 0 Å². The van der Waals surface area contributed by atoms with Gasteiger partial charge in [-0.25, -0.2) is 4.79 Å². The number of ether oxygens (including phenoxy) is 1. The highest BCUT2D eigenvalue weighted by atomic mass is 16.5. The van der Waals surface area contributed by atoms with Crippen LogP contribution in [-0.4, -0.2) is 60.6 Å². The van der Waals surface area contributed by atoms with Crippen molar-refractivity contribution in [3.63, 3.8) is 0 Å². The number of carboxylic acid groups (broad SMARTS) is 1. The van der Waals surface area contributed by atoms with Crippen LogP contribution in [0.3, 0.4) is 0 Å². The molecule has 1 aromatic rings. The minimum absolute atomic E-state index is 0.0298. The summed E-state index contributed by atoms with van der Waals surface area (Å²) in [6.45, 7) is 1.92. The van der Waals surface area contributed by atoms with Gasteiger partial charge in [0.05, 0.1) is 25.3 Å². The van der Waals surface area contributed by atoms with Crippen molar-refractivity contribution in [2.75, 3.05) is 32.8 Å². The molecule has 0 unspecified atom stereocenters. The normalized spacial score (nSPS) is 14.6. The molecule has 21 heavy (non-hydrogen) atoms. The number of aromatic carboxylic acids is 1. The van der Waals surface area contributed by atoms with Crippen molar-refractivity contribution in [2.45, 2.75) is 0 Å². The molecule has 2 rings (SSSR count). The van der Waals surface area contributed by atoms with Crippen LogP contribution in [0, 0.1) is 0 Å². The molecule has 1 aliphatic rings. The Morgan fingerprint density at radius 3 is 2.52 bits per heavy atom. The van der Waals surface area contributed by atoms with E-state index in [4.69, 9.17) is 9.84 Å². The lowest BCUT2D eigenvalue weighted by molar-refractivity contribution is -0.134. The fraction of sp³-hybridized carbons (Fsp3) is 0.357. The summed E-state index contributed by atoms with van der Waals surface area (Å²) in [4.78, 5) is 36.2. The lowest BCUT2D eigenvalue weighted by Gasteiger charge is -2.26. The van der Waals surface area contributed by atoms with E-state index in [-0.39, 0.29) is 23.6 Å². The molecule has 7 nitrogen and oxygen atoms in total. The molecule has 0 bridgehead atoms. The van der Waals surface area contributed by atoms with Gasteiger partial charge in [-0.15, -0.1) is 0 Å². The number of benzene rings is 1. The molecule has 0 aromatic heterocycles. The summed E-state index contributed by atoms with van der Waals surface area (Å²) in [5.41, 5.74) is 0.242. The SMILES string of the molecule is O=C(O)c1cccc(C(=O)NCC(=O)N2CCOCC2)c1. The van der Waals surface area contributed by atoms with Gasteiger partial charge < -0.3 is 20.1 Å². The summed E-state index contributed by atoms with van der Waals surface area (Å²) in [6.07, 6.45) is 0. The Hall–Kier alpha value is -2.41. The van der Waals surface area contributed by atoms with Crippen molar-refractivity contribution in [3.05, 3.63) is 35.4 Å². The van der Waals surface area contributed by atoms with Crippen LogP contribution < -0.4 is 5.32 Å². The average Bonchev–Trinajstić information content (AvgIpc) is 2.53. The molecule has 0 radical (unpaired) electrons. The van der Waals surface area contributed by atoms with Crippen LogP contribution in [0.2, 0.25) is 0 Å². The molecule has 2 N–H and O–H groups in total. The van der Waals surface area contributed by atoms with Gasteiger partial charge in [0.25, 0.3) is 5.91 Å². The highest BCUT2D eigenvalue weighted by molar-refractivity contribution is 5.98. The standard InChI is InChI=1S/C14H16N2O5/c17-12(16-4-6-21-7-5-16)9-15-13(18)10-2-1-3-11(8-10)14(19)20/h1-3,8H,4-7,9H2,(H,15,18)(H,19,20). The van der Waals surface area contributed by atoms with Crippen LogP contribution in [0.5, 0.6) is 0 Å². The minimum Gasteiger partial charge on any atom is -0.478 e. The first-order chi connectivity index (χ1) is 10.1. The van der Waals surface area contributed by atoms with Gasteiger partial charge in [-0.1, -0.05) is 6.07 Å². The first-order valence-corrected chi connectivity index (χ1v) is 6.55.